The minimum absolute atomic E-state index is 0.251. The zero-order valence-corrected chi connectivity index (χ0v) is 11.2. The first-order chi connectivity index (χ1) is 9.20. The van der Waals surface area contributed by atoms with Gasteiger partial charge >= 0.3 is 0 Å². The predicted octanol–water partition coefficient (Wildman–Crippen LogP) is 2.49. The summed E-state index contributed by atoms with van der Waals surface area (Å²) in [5.41, 5.74) is 4.08. The lowest BCUT2D eigenvalue weighted by atomic mass is 9.80. The molecule has 100 valence electrons. The second-order valence-electron chi connectivity index (χ2n) is 5.10. The van der Waals surface area contributed by atoms with Crippen LogP contribution in [0.1, 0.15) is 41.0 Å². The Balaban J connectivity index is 1.97. The molecule has 2 unspecified atom stereocenters. The molecule has 2 atom stereocenters. The molecule has 2 N–H and O–H groups in total. The monoisotopic (exact) mass is 258 g/mol. The van der Waals surface area contributed by atoms with Crippen molar-refractivity contribution in [2.45, 2.75) is 31.8 Å². The molecule has 1 aromatic carbocycles. The number of aromatic amines is 1. The van der Waals surface area contributed by atoms with Crippen molar-refractivity contribution < 1.29 is 9.84 Å². The van der Waals surface area contributed by atoms with Gasteiger partial charge in [0.15, 0.2) is 0 Å². The number of aryl methyl sites for hydroxylation is 1. The fourth-order valence-electron chi connectivity index (χ4n) is 3.03. The van der Waals surface area contributed by atoms with E-state index in [9.17, 15) is 5.11 Å². The van der Waals surface area contributed by atoms with Crippen LogP contribution in [-0.4, -0.2) is 22.4 Å². The molecule has 0 fully saturated rings. The summed E-state index contributed by atoms with van der Waals surface area (Å²) in [5.74, 6) is 1.14. The number of hydrogen-bond acceptors (Lipinski definition) is 3. The molecule has 0 saturated heterocycles. The Morgan fingerprint density at radius 2 is 2.16 bits per heavy atom. The topological polar surface area (TPSA) is 58.1 Å². The van der Waals surface area contributed by atoms with Gasteiger partial charge < -0.3 is 9.84 Å². The molecule has 1 heterocycles. The standard InChI is InChI=1S/C15H18N2O2/c1-9-15-12(17-16-9)7-10(8-13(15)18)11-5-3-4-6-14(11)19-2/h3-6,10,13,18H,7-8H2,1-2H3,(H,16,17). The van der Waals surface area contributed by atoms with Gasteiger partial charge in [-0.3, -0.25) is 5.10 Å². The smallest absolute Gasteiger partial charge is 0.122 e. The minimum Gasteiger partial charge on any atom is -0.496 e. The number of fused-ring (bicyclic) bond motifs is 1. The van der Waals surface area contributed by atoms with Crippen molar-refractivity contribution in [3.8, 4) is 5.75 Å². The van der Waals surface area contributed by atoms with Gasteiger partial charge in [-0.2, -0.15) is 5.10 Å². The Hall–Kier alpha value is -1.81. The van der Waals surface area contributed by atoms with Crippen molar-refractivity contribution in [2.75, 3.05) is 7.11 Å². The van der Waals surface area contributed by atoms with Gasteiger partial charge in [-0.15, -0.1) is 0 Å². The molecule has 1 aromatic heterocycles. The zero-order chi connectivity index (χ0) is 13.4. The quantitative estimate of drug-likeness (QED) is 0.870. The van der Waals surface area contributed by atoms with E-state index in [0.717, 1.165) is 34.7 Å². The van der Waals surface area contributed by atoms with Crippen molar-refractivity contribution in [3.63, 3.8) is 0 Å². The van der Waals surface area contributed by atoms with Gasteiger partial charge in [0.25, 0.3) is 0 Å². The molecule has 19 heavy (non-hydrogen) atoms. The lowest BCUT2D eigenvalue weighted by molar-refractivity contribution is 0.146. The number of aliphatic hydroxyl groups is 1. The number of para-hydroxylation sites is 1. The summed E-state index contributed by atoms with van der Waals surface area (Å²) in [6.45, 7) is 1.96. The van der Waals surface area contributed by atoms with Crippen molar-refractivity contribution in [3.05, 3.63) is 46.8 Å². The second-order valence-corrected chi connectivity index (χ2v) is 5.10. The molecule has 0 bridgehead atoms. The third kappa shape index (κ3) is 2.02. The Labute approximate surface area is 112 Å². The van der Waals surface area contributed by atoms with Crippen LogP contribution in [0.3, 0.4) is 0 Å². The number of aliphatic hydroxyl groups excluding tert-OH is 1. The van der Waals surface area contributed by atoms with Crippen molar-refractivity contribution in [1.29, 1.82) is 0 Å². The lowest BCUT2D eigenvalue weighted by Crippen LogP contribution is -2.17. The van der Waals surface area contributed by atoms with Crippen LogP contribution in [0.4, 0.5) is 0 Å². The van der Waals surface area contributed by atoms with Crippen molar-refractivity contribution in [2.24, 2.45) is 0 Å². The summed E-state index contributed by atoms with van der Waals surface area (Å²) >= 11 is 0. The zero-order valence-electron chi connectivity index (χ0n) is 11.2. The summed E-state index contributed by atoms with van der Waals surface area (Å²) in [5, 5.41) is 17.6. The van der Waals surface area contributed by atoms with Crippen LogP contribution >= 0.6 is 0 Å². The Morgan fingerprint density at radius 1 is 1.37 bits per heavy atom. The van der Waals surface area contributed by atoms with E-state index in [2.05, 4.69) is 16.3 Å². The van der Waals surface area contributed by atoms with Gasteiger partial charge in [-0.05, 0) is 37.3 Å². The van der Waals surface area contributed by atoms with Gasteiger partial charge in [0, 0.05) is 11.3 Å². The predicted molar refractivity (Wildman–Crippen MR) is 72.3 cm³/mol. The highest BCUT2D eigenvalue weighted by molar-refractivity contribution is 5.40. The van der Waals surface area contributed by atoms with Crippen LogP contribution < -0.4 is 4.74 Å². The summed E-state index contributed by atoms with van der Waals surface area (Å²) in [6, 6.07) is 8.01. The van der Waals surface area contributed by atoms with Crippen LogP contribution in [0.2, 0.25) is 0 Å². The van der Waals surface area contributed by atoms with Crippen LogP contribution in [0.15, 0.2) is 24.3 Å². The molecule has 2 aromatic rings. The molecule has 0 spiro atoms. The number of H-pyrrole nitrogens is 1. The Morgan fingerprint density at radius 3 is 2.95 bits per heavy atom. The highest BCUT2D eigenvalue weighted by Crippen LogP contribution is 2.41. The van der Waals surface area contributed by atoms with Crippen LogP contribution in [-0.2, 0) is 6.42 Å². The molecule has 4 nitrogen and oxygen atoms in total. The van der Waals surface area contributed by atoms with Crippen molar-refractivity contribution in [1.82, 2.24) is 10.2 Å². The lowest BCUT2D eigenvalue weighted by Gasteiger charge is -2.27. The molecule has 0 saturated carbocycles. The molecule has 1 aliphatic rings. The maximum Gasteiger partial charge on any atom is 0.122 e. The SMILES string of the molecule is COc1ccccc1C1Cc2n[nH]c(C)c2C(O)C1. The number of methoxy groups -OCH3 is 1. The van der Waals surface area contributed by atoms with Gasteiger partial charge in [0.1, 0.15) is 5.75 Å². The van der Waals surface area contributed by atoms with Crippen LogP contribution in [0.5, 0.6) is 5.75 Å². The van der Waals surface area contributed by atoms with E-state index in [4.69, 9.17) is 4.74 Å². The van der Waals surface area contributed by atoms with E-state index >= 15 is 0 Å². The number of aromatic nitrogens is 2. The van der Waals surface area contributed by atoms with Crippen LogP contribution in [0, 0.1) is 6.92 Å². The number of ether oxygens (including phenoxy) is 1. The Bertz CT molecular complexity index is 592. The molecule has 4 heteroatoms. The molecular weight excluding hydrogens is 240 g/mol. The van der Waals surface area contributed by atoms with Gasteiger partial charge in [-0.25, -0.2) is 0 Å². The Kier molecular flexibility index (Phi) is 3.03. The minimum atomic E-state index is -0.447. The number of benzene rings is 1. The van der Waals surface area contributed by atoms with E-state index in [-0.39, 0.29) is 5.92 Å². The maximum atomic E-state index is 10.3. The second kappa shape index (κ2) is 4.70. The summed E-state index contributed by atoms with van der Waals surface area (Å²) in [7, 11) is 1.68. The first-order valence-electron chi connectivity index (χ1n) is 6.55. The largest absolute Gasteiger partial charge is 0.496 e. The molecule has 3 rings (SSSR count). The fourth-order valence-corrected chi connectivity index (χ4v) is 3.03. The van der Waals surface area contributed by atoms with E-state index in [0.29, 0.717) is 6.42 Å². The summed E-state index contributed by atoms with van der Waals surface area (Å²) in [4.78, 5) is 0. The average Bonchev–Trinajstić information content (AvgIpc) is 2.80. The highest BCUT2D eigenvalue weighted by atomic mass is 16.5. The normalized spacial score (nSPS) is 22.1. The van der Waals surface area contributed by atoms with E-state index in [1.165, 1.54) is 0 Å². The number of hydrogen-bond donors (Lipinski definition) is 2. The number of nitrogens with one attached hydrogen (secondary N) is 1. The van der Waals surface area contributed by atoms with Crippen molar-refractivity contribution >= 4 is 0 Å². The summed E-state index contributed by atoms with van der Waals surface area (Å²) < 4.78 is 5.42. The first-order valence-corrected chi connectivity index (χ1v) is 6.55. The van der Waals surface area contributed by atoms with Crippen LogP contribution in [0.25, 0.3) is 0 Å². The van der Waals surface area contributed by atoms with E-state index in [1.807, 2.05) is 25.1 Å². The highest BCUT2D eigenvalue weighted by Gasteiger charge is 2.31. The van der Waals surface area contributed by atoms with Gasteiger partial charge in [0.05, 0.1) is 18.9 Å². The number of rotatable bonds is 2. The number of nitrogens with zero attached hydrogens (tertiary/aromatic N) is 1. The molecule has 1 aliphatic carbocycles. The average molecular weight is 258 g/mol. The maximum absolute atomic E-state index is 10.3. The van der Waals surface area contributed by atoms with E-state index in [1.54, 1.807) is 7.11 Å². The third-order valence-corrected chi connectivity index (χ3v) is 3.93. The molecular formula is C15H18N2O2. The molecule has 0 radical (unpaired) electrons. The molecule has 0 aliphatic heterocycles. The summed E-state index contributed by atoms with van der Waals surface area (Å²) in [6.07, 6.45) is 1.11. The third-order valence-electron chi connectivity index (χ3n) is 3.93. The fraction of sp³-hybridized carbons (Fsp3) is 0.400. The van der Waals surface area contributed by atoms with Gasteiger partial charge in [0.2, 0.25) is 0 Å². The van der Waals surface area contributed by atoms with Gasteiger partial charge in [-0.1, -0.05) is 18.2 Å². The van der Waals surface area contributed by atoms with E-state index < -0.39 is 6.10 Å². The molecule has 0 amide bonds. The first kappa shape index (κ1) is 12.2.